The fourth-order valence-corrected chi connectivity index (χ4v) is 2.22. The number of carbonyl (C=O) groups excluding carboxylic acids is 1. The lowest BCUT2D eigenvalue weighted by molar-refractivity contribution is 0.0923. The predicted octanol–water partition coefficient (Wildman–Crippen LogP) is 2.40. The summed E-state index contributed by atoms with van der Waals surface area (Å²) in [4.78, 5) is 12.2. The molecular weight excluding hydrogens is 254 g/mol. The van der Waals surface area contributed by atoms with Gasteiger partial charge in [-0.1, -0.05) is 18.2 Å². The summed E-state index contributed by atoms with van der Waals surface area (Å²) in [5.41, 5.74) is 2.53. The quantitative estimate of drug-likeness (QED) is 0.794. The predicted molar refractivity (Wildman–Crippen MR) is 75.3 cm³/mol. The van der Waals surface area contributed by atoms with Gasteiger partial charge in [-0.3, -0.25) is 9.48 Å². The molecule has 2 aromatic heterocycles. The molecule has 5 heteroatoms. The molecule has 0 saturated carbocycles. The summed E-state index contributed by atoms with van der Waals surface area (Å²) >= 11 is 0. The van der Waals surface area contributed by atoms with Crippen molar-refractivity contribution >= 4 is 16.9 Å². The smallest absolute Gasteiger partial charge is 0.287 e. The standard InChI is InChI=1S/C15H15N3O2/c1-10-12-5-3-4-6-13(12)20-14(10)15(19)16-9-11-7-8-17-18(11)2/h3-8H,9H2,1-2H3,(H,16,19). The molecule has 102 valence electrons. The van der Waals surface area contributed by atoms with Crippen LogP contribution in [0.2, 0.25) is 0 Å². The van der Waals surface area contributed by atoms with Crippen molar-refractivity contribution in [2.45, 2.75) is 13.5 Å². The number of benzene rings is 1. The molecule has 1 N–H and O–H groups in total. The summed E-state index contributed by atoms with van der Waals surface area (Å²) in [5.74, 6) is 0.160. The van der Waals surface area contributed by atoms with Gasteiger partial charge in [-0.25, -0.2) is 0 Å². The summed E-state index contributed by atoms with van der Waals surface area (Å²) < 4.78 is 7.35. The fraction of sp³-hybridized carbons (Fsp3) is 0.200. The number of hydrogen-bond donors (Lipinski definition) is 1. The number of para-hydroxylation sites is 1. The van der Waals surface area contributed by atoms with Gasteiger partial charge in [-0.15, -0.1) is 0 Å². The number of carbonyl (C=O) groups is 1. The van der Waals surface area contributed by atoms with Crippen LogP contribution in [0, 0.1) is 6.92 Å². The second-order valence-corrected chi connectivity index (χ2v) is 4.68. The maximum absolute atomic E-state index is 12.2. The minimum absolute atomic E-state index is 0.208. The first-order valence-corrected chi connectivity index (χ1v) is 6.40. The molecule has 2 heterocycles. The van der Waals surface area contributed by atoms with Crippen LogP contribution in [0.3, 0.4) is 0 Å². The number of amides is 1. The summed E-state index contributed by atoms with van der Waals surface area (Å²) in [6, 6.07) is 9.50. The highest BCUT2D eigenvalue weighted by molar-refractivity contribution is 5.98. The number of aryl methyl sites for hydroxylation is 2. The molecule has 0 aliphatic carbocycles. The van der Waals surface area contributed by atoms with Crippen LogP contribution in [0.5, 0.6) is 0 Å². The first kappa shape index (κ1) is 12.5. The third-order valence-corrected chi connectivity index (χ3v) is 3.40. The number of hydrogen-bond acceptors (Lipinski definition) is 3. The minimum atomic E-state index is -0.208. The van der Waals surface area contributed by atoms with Gasteiger partial charge >= 0.3 is 0 Å². The molecule has 1 amide bonds. The fourth-order valence-electron chi connectivity index (χ4n) is 2.22. The Bertz CT molecular complexity index is 770. The van der Waals surface area contributed by atoms with Gasteiger partial charge in [0.2, 0.25) is 0 Å². The van der Waals surface area contributed by atoms with Gasteiger partial charge in [0, 0.05) is 24.2 Å². The van der Waals surface area contributed by atoms with E-state index in [1.54, 1.807) is 10.9 Å². The van der Waals surface area contributed by atoms with E-state index in [0.717, 1.165) is 22.2 Å². The molecule has 0 aliphatic rings. The second-order valence-electron chi connectivity index (χ2n) is 4.68. The summed E-state index contributed by atoms with van der Waals surface area (Å²) in [6.45, 7) is 2.32. The molecule has 0 radical (unpaired) electrons. The van der Waals surface area contributed by atoms with Crippen molar-refractivity contribution in [1.82, 2.24) is 15.1 Å². The van der Waals surface area contributed by atoms with E-state index in [1.807, 2.05) is 44.3 Å². The van der Waals surface area contributed by atoms with Crippen LogP contribution in [0.25, 0.3) is 11.0 Å². The Morgan fingerprint density at radius 3 is 2.85 bits per heavy atom. The zero-order valence-electron chi connectivity index (χ0n) is 11.4. The SMILES string of the molecule is Cc1c(C(=O)NCc2ccnn2C)oc2ccccc12. The van der Waals surface area contributed by atoms with Crippen LogP contribution in [0.4, 0.5) is 0 Å². The van der Waals surface area contributed by atoms with E-state index in [2.05, 4.69) is 10.4 Å². The van der Waals surface area contributed by atoms with Crippen molar-refractivity contribution in [1.29, 1.82) is 0 Å². The topological polar surface area (TPSA) is 60.1 Å². The van der Waals surface area contributed by atoms with Crippen molar-refractivity contribution in [2.24, 2.45) is 7.05 Å². The molecule has 20 heavy (non-hydrogen) atoms. The molecule has 0 spiro atoms. The van der Waals surface area contributed by atoms with E-state index in [1.165, 1.54) is 0 Å². The van der Waals surface area contributed by atoms with E-state index in [-0.39, 0.29) is 5.91 Å². The van der Waals surface area contributed by atoms with Crippen LogP contribution < -0.4 is 5.32 Å². The molecule has 0 aliphatic heterocycles. The number of nitrogens with zero attached hydrogens (tertiary/aromatic N) is 2. The van der Waals surface area contributed by atoms with Crippen molar-refractivity contribution in [3.63, 3.8) is 0 Å². The summed E-state index contributed by atoms with van der Waals surface area (Å²) in [6.07, 6.45) is 1.70. The number of aromatic nitrogens is 2. The number of furan rings is 1. The molecule has 0 fully saturated rings. The summed E-state index contributed by atoms with van der Waals surface area (Å²) in [5, 5.41) is 7.88. The van der Waals surface area contributed by atoms with Gasteiger partial charge in [0.05, 0.1) is 12.2 Å². The van der Waals surface area contributed by atoms with Crippen LogP contribution >= 0.6 is 0 Å². The molecule has 5 nitrogen and oxygen atoms in total. The van der Waals surface area contributed by atoms with E-state index in [0.29, 0.717) is 12.3 Å². The Kier molecular flexibility index (Phi) is 3.02. The first-order chi connectivity index (χ1) is 9.66. The Balaban J connectivity index is 1.82. The first-order valence-electron chi connectivity index (χ1n) is 6.40. The number of nitrogens with one attached hydrogen (secondary N) is 1. The molecule has 3 rings (SSSR count). The maximum Gasteiger partial charge on any atom is 0.287 e. The van der Waals surface area contributed by atoms with Crippen LogP contribution in [-0.2, 0) is 13.6 Å². The van der Waals surface area contributed by atoms with Gasteiger partial charge in [0.15, 0.2) is 5.76 Å². The van der Waals surface area contributed by atoms with E-state index in [4.69, 9.17) is 4.42 Å². The van der Waals surface area contributed by atoms with Crippen molar-refractivity contribution in [2.75, 3.05) is 0 Å². The molecular formula is C15H15N3O2. The zero-order valence-corrected chi connectivity index (χ0v) is 11.4. The summed E-state index contributed by atoms with van der Waals surface area (Å²) in [7, 11) is 1.84. The molecule has 1 aromatic carbocycles. The highest BCUT2D eigenvalue weighted by Gasteiger charge is 2.17. The molecule has 0 unspecified atom stereocenters. The van der Waals surface area contributed by atoms with Gasteiger partial charge < -0.3 is 9.73 Å². The Labute approximate surface area is 116 Å². The lowest BCUT2D eigenvalue weighted by Crippen LogP contribution is -2.24. The van der Waals surface area contributed by atoms with Gasteiger partial charge in [0.25, 0.3) is 5.91 Å². The highest BCUT2D eigenvalue weighted by Crippen LogP contribution is 2.24. The molecule has 0 atom stereocenters. The van der Waals surface area contributed by atoms with Crippen LogP contribution in [0.1, 0.15) is 21.8 Å². The van der Waals surface area contributed by atoms with Crippen LogP contribution in [0.15, 0.2) is 40.9 Å². The van der Waals surface area contributed by atoms with Crippen molar-refractivity contribution in [3.8, 4) is 0 Å². The van der Waals surface area contributed by atoms with Gasteiger partial charge in [0.1, 0.15) is 5.58 Å². The minimum Gasteiger partial charge on any atom is -0.451 e. The zero-order chi connectivity index (χ0) is 14.1. The maximum atomic E-state index is 12.2. The Hall–Kier alpha value is -2.56. The molecule has 0 bridgehead atoms. The average molecular weight is 269 g/mol. The molecule has 0 saturated heterocycles. The lowest BCUT2D eigenvalue weighted by atomic mass is 10.1. The number of rotatable bonds is 3. The van der Waals surface area contributed by atoms with Crippen LogP contribution in [-0.4, -0.2) is 15.7 Å². The van der Waals surface area contributed by atoms with Gasteiger partial charge in [-0.2, -0.15) is 5.10 Å². The largest absolute Gasteiger partial charge is 0.451 e. The monoisotopic (exact) mass is 269 g/mol. The van der Waals surface area contributed by atoms with Crippen molar-refractivity contribution < 1.29 is 9.21 Å². The normalized spacial score (nSPS) is 10.9. The Morgan fingerprint density at radius 1 is 1.35 bits per heavy atom. The third-order valence-electron chi connectivity index (χ3n) is 3.40. The van der Waals surface area contributed by atoms with E-state index in [9.17, 15) is 4.79 Å². The highest BCUT2D eigenvalue weighted by atomic mass is 16.3. The molecule has 3 aromatic rings. The average Bonchev–Trinajstić information content (AvgIpc) is 3.01. The Morgan fingerprint density at radius 2 is 2.15 bits per heavy atom. The third kappa shape index (κ3) is 2.07. The number of fused-ring (bicyclic) bond motifs is 1. The van der Waals surface area contributed by atoms with Gasteiger partial charge in [-0.05, 0) is 19.1 Å². The lowest BCUT2D eigenvalue weighted by Gasteiger charge is -2.04. The van der Waals surface area contributed by atoms with Crippen molar-refractivity contribution in [3.05, 3.63) is 53.5 Å². The van der Waals surface area contributed by atoms with E-state index < -0.39 is 0 Å². The van der Waals surface area contributed by atoms with E-state index >= 15 is 0 Å². The second kappa shape index (κ2) is 4.85.